The second-order valence-corrected chi connectivity index (χ2v) is 7.88. The molecule has 0 saturated carbocycles. The highest BCUT2D eigenvalue weighted by Gasteiger charge is 2.32. The van der Waals surface area contributed by atoms with E-state index in [-0.39, 0.29) is 23.5 Å². The van der Waals surface area contributed by atoms with E-state index in [0.29, 0.717) is 38.9 Å². The topological polar surface area (TPSA) is 58.6 Å². The fourth-order valence-corrected chi connectivity index (χ4v) is 3.13. The molecule has 2 rings (SSSR count). The molecule has 1 saturated heterocycles. The molecule has 0 aliphatic carbocycles. The standard InChI is InChI=1S/C20H28F2N2O3/c1-20(2,3)18(26)24-12-9-15(10-13-24)17(25)23-11-8-14-4-6-16(7-5-14)27-19(21)22/h4-7,15,19H,8-13H2,1-3H3,(H,23,25). The summed E-state index contributed by atoms with van der Waals surface area (Å²) in [4.78, 5) is 26.4. The van der Waals surface area contributed by atoms with Crippen LogP contribution in [0, 0.1) is 11.3 Å². The van der Waals surface area contributed by atoms with Crippen LogP contribution in [-0.4, -0.2) is 43.0 Å². The minimum absolute atomic E-state index is 0.00973. The number of halogens is 2. The van der Waals surface area contributed by atoms with Crippen molar-refractivity contribution in [3.63, 3.8) is 0 Å². The molecule has 150 valence electrons. The van der Waals surface area contributed by atoms with Crippen molar-refractivity contribution in [2.45, 2.75) is 46.6 Å². The fourth-order valence-electron chi connectivity index (χ4n) is 3.13. The number of nitrogens with zero attached hydrogens (tertiary/aromatic N) is 1. The van der Waals surface area contributed by atoms with Crippen LogP contribution in [0.1, 0.15) is 39.2 Å². The van der Waals surface area contributed by atoms with Gasteiger partial charge in [0.25, 0.3) is 0 Å². The Morgan fingerprint density at radius 1 is 1.19 bits per heavy atom. The van der Waals surface area contributed by atoms with Crippen molar-refractivity contribution in [2.24, 2.45) is 11.3 Å². The van der Waals surface area contributed by atoms with Gasteiger partial charge in [0.1, 0.15) is 5.75 Å². The average molecular weight is 382 g/mol. The van der Waals surface area contributed by atoms with Gasteiger partial charge in [-0.05, 0) is 37.0 Å². The average Bonchev–Trinajstić information content (AvgIpc) is 2.61. The molecule has 1 fully saturated rings. The minimum atomic E-state index is -2.83. The second kappa shape index (κ2) is 9.15. The van der Waals surface area contributed by atoms with Gasteiger partial charge in [0.15, 0.2) is 0 Å². The van der Waals surface area contributed by atoms with Crippen molar-refractivity contribution < 1.29 is 23.1 Å². The van der Waals surface area contributed by atoms with E-state index in [4.69, 9.17) is 0 Å². The molecule has 27 heavy (non-hydrogen) atoms. The monoisotopic (exact) mass is 382 g/mol. The Morgan fingerprint density at radius 2 is 1.78 bits per heavy atom. The lowest BCUT2D eigenvalue weighted by atomic mass is 9.90. The fraction of sp³-hybridized carbons (Fsp3) is 0.600. The number of amides is 2. The van der Waals surface area contributed by atoms with E-state index in [1.807, 2.05) is 25.7 Å². The number of nitrogens with one attached hydrogen (secondary N) is 1. The van der Waals surface area contributed by atoms with Gasteiger partial charge in [-0.15, -0.1) is 0 Å². The number of alkyl halides is 2. The van der Waals surface area contributed by atoms with Crippen molar-refractivity contribution in [1.82, 2.24) is 10.2 Å². The van der Waals surface area contributed by atoms with Crippen molar-refractivity contribution in [2.75, 3.05) is 19.6 Å². The molecule has 0 radical (unpaired) electrons. The highest BCUT2D eigenvalue weighted by atomic mass is 19.3. The molecule has 2 amide bonds. The van der Waals surface area contributed by atoms with Crippen LogP contribution in [0.2, 0.25) is 0 Å². The summed E-state index contributed by atoms with van der Waals surface area (Å²) in [6.45, 7) is 4.58. The summed E-state index contributed by atoms with van der Waals surface area (Å²) >= 11 is 0. The summed E-state index contributed by atoms with van der Waals surface area (Å²) in [5.74, 6) is 0.182. The maximum absolute atomic E-state index is 12.3. The lowest BCUT2D eigenvalue weighted by Gasteiger charge is -2.35. The zero-order chi connectivity index (χ0) is 20.0. The summed E-state index contributed by atoms with van der Waals surface area (Å²) < 4.78 is 28.6. The van der Waals surface area contributed by atoms with Crippen LogP contribution in [0.3, 0.4) is 0 Å². The Labute approximate surface area is 159 Å². The molecule has 1 N–H and O–H groups in total. The highest BCUT2D eigenvalue weighted by Crippen LogP contribution is 2.23. The number of rotatable bonds is 6. The molecule has 0 bridgehead atoms. The van der Waals surface area contributed by atoms with Crippen molar-refractivity contribution in [3.05, 3.63) is 29.8 Å². The van der Waals surface area contributed by atoms with Crippen LogP contribution in [0.5, 0.6) is 5.75 Å². The van der Waals surface area contributed by atoms with E-state index >= 15 is 0 Å². The van der Waals surface area contributed by atoms with Crippen LogP contribution in [0.25, 0.3) is 0 Å². The van der Waals surface area contributed by atoms with Gasteiger partial charge >= 0.3 is 6.61 Å². The predicted molar refractivity (Wildman–Crippen MR) is 98.5 cm³/mol. The van der Waals surface area contributed by atoms with Crippen LogP contribution in [0.15, 0.2) is 24.3 Å². The Morgan fingerprint density at radius 3 is 2.30 bits per heavy atom. The molecule has 0 unspecified atom stereocenters. The number of benzene rings is 1. The molecule has 1 aromatic carbocycles. The lowest BCUT2D eigenvalue weighted by Crippen LogP contribution is -2.46. The predicted octanol–water partition coefficient (Wildman–Crippen LogP) is 3.23. The number of hydrogen-bond donors (Lipinski definition) is 1. The first-order valence-corrected chi connectivity index (χ1v) is 9.27. The second-order valence-electron chi connectivity index (χ2n) is 7.88. The zero-order valence-electron chi connectivity index (χ0n) is 16.1. The lowest BCUT2D eigenvalue weighted by molar-refractivity contribution is -0.142. The molecule has 1 heterocycles. The van der Waals surface area contributed by atoms with E-state index in [1.54, 1.807) is 12.1 Å². The van der Waals surface area contributed by atoms with E-state index in [1.165, 1.54) is 12.1 Å². The molecule has 1 aromatic rings. The molecule has 1 aliphatic rings. The van der Waals surface area contributed by atoms with Crippen molar-refractivity contribution >= 4 is 11.8 Å². The molecule has 0 spiro atoms. The van der Waals surface area contributed by atoms with Crippen LogP contribution >= 0.6 is 0 Å². The SMILES string of the molecule is CC(C)(C)C(=O)N1CCC(C(=O)NCCc2ccc(OC(F)F)cc2)CC1. The number of piperidine rings is 1. The third-order valence-corrected chi connectivity index (χ3v) is 4.66. The molecule has 0 atom stereocenters. The number of likely N-dealkylation sites (tertiary alicyclic amines) is 1. The third kappa shape index (κ3) is 6.48. The first kappa shape index (κ1) is 21.1. The summed E-state index contributed by atoms with van der Waals surface area (Å²) in [6, 6.07) is 6.40. The van der Waals surface area contributed by atoms with Crippen LogP contribution in [-0.2, 0) is 16.0 Å². The Kier molecular flexibility index (Phi) is 7.16. The number of carbonyl (C=O) groups is 2. The maximum atomic E-state index is 12.3. The molecule has 0 aromatic heterocycles. The molecular weight excluding hydrogens is 354 g/mol. The van der Waals surface area contributed by atoms with E-state index < -0.39 is 12.0 Å². The largest absolute Gasteiger partial charge is 0.435 e. The van der Waals surface area contributed by atoms with Gasteiger partial charge < -0.3 is 15.0 Å². The minimum Gasteiger partial charge on any atom is -0.435 e. The molecule has 5 nitrogen and oxygen atoms in total. The molecule has 7 heteroatoms. The van der Waals surface area contributed by atoms with E-state index in [0.717, 1.165) is 5.56 Å². The van der Waals surface area contributed by atoms with Crippen LogP contribution < -0.4 is 10.1 Å². The first-order chi connectivity index (χ1) is 12.7. The van der Waals surface area contributed by atoms with Gasteiger partial charge in [-0.1, -0.05) is 32.9 Å². The van der Waals surface area contributed by atoms with E-state index in [9.17, 15) is 18.4 Å². The maximum Gasteiger partial charge on any atom is 0.387 e. The van der Waals surface area contributed by atoms with Gasteiger partial charge in [0, 0.05) is 31.0 Å². The summed E-state index contributed by atoms with van der Waals surface area (Å²) in [5.41, 5.74) is 0.535. The number of hydrogen-bond acceptors (Lipinski definition) is 3. The summed E-state index contributed by atoms with van der Waals surface area (Å²) in [6.07, 6.45) is 1.96. The van der Waals surface area contributed by atoms with Gasteiger partial charge in [0.2, 0.25) is 11.8 Å². The summed E-state index contributed by atoms with van der Waals surface area (Å²) in [7, 11) is 0. The van der Waals surface area contributed by atoms with Gasteiger partial charge in [0.05, 0.1) is 0 Å². The Bertz CT molecular complexity index is 634. The smallest absolute Gasteiger partial charge is 0.387 e. The summed E-state index contributed by atoms with van der Waals surface area (Å²) in [5, 5.41) is 2.93. The van der Waals surface area contributed by atoms with Crippen LogP contribution in [0.4, 0.5) is 8.78 Å². The van der Waals surface area contributed by atoms with Crippen molar-refractivity contribution in [1.29, 1.82) is 0 Å². The normalized spacial score (nSPS) is 15.7. The van der Waals surface area contributed by atoms with Crippen molar-refractivity contribution in [3.8, 4) is 5.75 Å². The number of carbonyl (C=O) groups excluding carboxylic acids is 2. The van der Waals surface area contributed by atoms with Gasteiger partial charge in [-0.2, -0.15) is 8.78 Å². The highest BCUT2D eigenvalue weighted by molar-refractivity contribution is 5.82. The molecule has 1 aliphatic heterocycles. The van der Waals surface area contributed by atoms with Gasteiger partial charge in [-0.3, -0.25) is 9.59 Å². The first-order valence-electron chi connectivity index (χ1n) is 9.27. The third-order valence-electron chi connectivity index (χ3n) is 4.66. The van der Waals surface area contributed by atoms with Gasteiger partial charge in [-0.25, -0.2) is 0 Å². The Balaban J connectivity index is 1.71. The number of ether oxygens (including phenoxy) is 1. The quantitative estimate of drug-likeness (QED) is 0.822. The molecular formula is C20H28F2N2O3. The van der Waals surface area contributed by atoms with E-state index in [2.05, 4.69) is 10.1 Å². The Hall–Kier alpha value is -2.18. The zero-order valence-corrected chi connectivity index (χ0v) is 16.1.